The van der Waals surface area contributed by atoms with Gasteiger partial charge in [0.25, 0.3) is 5.91 Å². The molecule has 0 spiro atoms. The lowest BCUT2D eigenvalue weighted by Crippen LogP contribution is -2.35. The van der Waals surface area contributed by atoms with Gasteiger partial charge in [-0.1, -0.05) is 53.7 Å². The molecule has 1 amide bonds. The number of carbonyl (C=O) groups is 1. The van der Waals surface area contributed by atoms with Crippen LogP contribution in [-0.2, 0) is 11.3 Å². The van der Waals surface area contributed by atoms with Crippen molar-refractivity contribution in [3.8, 4) is 5.75 Å². The van der Waals surface area contributed by atoms with Crippen molar-refractivity contribution in [2.45, 2.75) is 13.0 Å². The predicted molar refractivity (Wildman–Crippen MR) is 130 cm³/mol. The van der Waals surface area contributed by atoms with E-state index in [9.17, 15) is 4.79 Å². The fourth-order valence-electron chi connectivity index (χ4n) is 3.74. The Morgan fingerprint density at radius 1 is 1.16 bits per heavy atom. The number of hydrogen-bond acceptors (Lipinski definition) is 4. The van der Waals surface area contributed by atoms with Gasteiger partial charge < -0.3 is 9.30 Å². The largest absolute Gasteiger partial charge is 0.492 e. The summed E-state index contributed by atoms with van der Waals surface area (Å²) in [6.07, 6.45) is 6.33. The number of aromatic nitrogens is 1. The standard InChI is InChI=1S/C24H19ClN4O2S/c25-19-7-2-4-9-21(19)31-12-5-10-28-15-16(17-6-1-3-8-20(17)28)14-18-22(26)29-11-13-32-24(29)27-23(18)30/h1-4,6-9,11,13-15,26H,5,10,12H2/b18-14-,26-22?. The van der Waals surface area contributed by atoms with E-state index in [1.807, 2.05) is 54.1 Å². The molecule has 1 N–H and O–H groups in total. The lowest BCUT2D eigenvalue weighted by atomic mass is 10.1. The second-order valence-corrected chi connectivity index (χ2v) is 8.59. The van der Waals surface area contributed by atoms with Crippen LogP contribution in [0, 0.1) is 5.41 Å². The number of hydrogen-bond donors (Lipinski definition) is 1. The van der Waals surface area contributed by atoms with Gasteiger partial charge >= 0.3 is 0 Å². The number of halogens is 1. The molecule has 3 heterocycles. The van der Waals surface area contributed by atoms with E-state index in [0.29, 0.717) is 22.5 Å². The summed E-state index contributed by atoms with van der Waals surface area (Å²) in [4.78, 5) is 18.3. The third-order valence-electron chi connectivity index (χ3n) is 5.27. The summed E-state index contributed by atoms with van der Waals surface area (Å²) in [7, 11) is 0. The van der Waals surface area contributed by atoms with Crippen molar-refractivity contribution in [1.82, 2.24) is 9.47 Å². The Balaban J connectivity index is 1.38. The summed E-state index contributed by atoms with van der Waals surface area (Å²) < 4.78 is 7.96. The molecule has 32 heavy (non-hydrogen) atoms. The molecule has 1 aromatic heterocycles. The highest BCUT2D eigenvalue weighted by Crippen LogP contribution is 2.30. The quantitative estimate of drug-likeness (QED) is 0.385. The van der Waals surface area contributed by atoms with Crippen LogP contribution < -0.4 is 4.74 Å². The average molecular weight is 463 g/mol. The van der Waals surface area contributed by atoms with Gasteiger partial charge in [-0.15, -0.1) is 0 Å². The Morgan fingerprint density at radius 3 is 2.84 bits per heavy atom. The van der Waals surface area contributed by atoms with Crippen LogP contribution in [0.5, 0.6) is 5.75 Å². The number of amidine groups is 2. The van der Waals surface area contributed by atoms with E-state index in [4.69, 9.17) is 21.7 Å². The maximum atomic E-state index is 12.6. The Labute approximate surface area is 194 Å². The Bertz CT molecular complexity index is 1320. The minimum atomic E-state index is -0.387. The van der Waals surface area contributed by atoms with Crippen LogP contribution in [0.25, 0.3) is 17.0 Å². The van der Waals surface area contributed by atoms with Crippen LogP contribution in [0.1, 0.15) is 12.0 Å². The summed E-state index contributed by atoms with van der Waals surface area (Å²) in [5.74, 6) is 0.439. The van der Waals surface area contributed by atoms with E-state index in [2.05, 4.69) is 15.6 Å². The molecule has 0 radical (unpaired) electrons. The fourth-order valence-corrected chi connectivity index (χ4v) is 4.64. The highest BCUT2D eigenvalue weighted by atomic mass is 35.5. The maximum Gasteiger partial charge on any atom is 0.283 e. The van der Waals surface area contributed by atoms with Crippen molar-refractivity contribution in [1.29, 1.82) is 5.41 Å². The summed E-state index contributed by atoms with van der Waals surface area (Å²) in [5, 5.41) is 12.4. The zero-order chi connectivity index (χ0) is 22.1. The summed E-state index contributed by atoms with van der Waals surface area (Å²) in [6, 6.07) is 15.5. The first-order valence-electron chi connectivity index (χ1n) is 10.1. The Hall–Kier alpha value is -3.29. The average Bonchev–Trinajstić information content (AvgIpc) is 3.40. The number of aryl methyl sites for hydroxylation is 1. The second kappa shape index (κ2) is 8.68. The molecule has 6 nitrogen and oxygen atoms in total. The Morgan fingerprint density at radius 2 is 1.97 bits per heavy atom. The minimum Gasteiger partial charge on any atom is -0.492 e. The first kappa shape index (κ1) is 20.6. The zero-order valence-corrected chi connectivity index (χ0v) is 18.6. The maximum absolute atomic E-state index is 12.6. The molecule has 5 rings (SSSR count). The number of nitrogens with zero attached hydrogens (tertiary/aromatic N) is 3. The van der Waals surface area contributed by atoms with Crippen molar-refractivity contribution < 1.29 is 9.53 Å². The Kier molecular flexibility index (Phi) is 5.59. The van der Waals surface area contributed by atoms with Crippen molar-refractivity contribution in [3.63, 3.8) is 0 Å². The van der Waals surface area contributed by atoms with Crippen molar-refractivity contribution >= 4 is 57.3 Å². The number of para-hydroxylation sites is 2. The van der Waals surface area contributed by atoms with Crippen molar-refractivity contribution in [2.75, 3.05) is 6.61 Å². The predicted octanol–water partition coefficient (Wildman–Crippen LogP) is 5.54. The normalized spacial score (nSPS) is 16.7. The molecule has 2 aliphatic heterocycles. The first-order valence-corrected chi connectivity index (χ1v) is 11.4. The third-order valence-corrected chi connectivity index (χ3v) is 6.34. The number of rotatable bonds is 6. The second-order valence-electron chi connectivity index (χ2n) is 7.31. The lowest BCUT2D eigenvalue weighted by molar-refractivity contribution is -0.114. The monoisotopic (exact) mass is 462 g/mol. The molecule has 160 valence electrons. The zero-order valence-electron chi connectivity index (χ0n) is 17.0. The van der Waals surface area contributed by atoms with Gasteiger partial charge in [-0.05, 0) is 36.1 Å². The van der Waals surface area contributed by atoms with E-state index in [1.165, 1.54) is 11.8 Å². The van der Waals surface area contributed by atoms with E-state index in [-0.39, 0.29) is 17.3 Å². The van der Waals surface area contributed by atoms with Crippen molar-refractivity contribution in [3.05, 3.63) is 82.5 Å². The topological polar surface area (TPSA) is 70.7 Å². The highest BCUT2D eigenvalue weighted by molar-refractivity contribution is 8.16. The van der Waals surface area contributed by atoms with E-state index in [0.717, 1.165) is 29.4 Å². The molecule has 0 bridgehead atoms. The number of fused-ring (bicyclic) bond motifs is 2. The van der Waals surface area contributed by atoms with E-state index in [1.54, 1.807) is 17.2 Å². The molecule has 3 aromatic rings. The number of aliphatic imine (C=N–C) groups is 1. The van der Waals surface area contributed by atoms with E-state index < -0.39 is 0 Å². The lowest BCUT2D eigenvalue weighted by Gasteiger charge is -2.22. The first-order chi connectivity index (χ1) is 15.6. The summed E-state index contributed by atoms with van der Waals surface area (Å²) in [5.41, 5.74) is 2.23. The fraction of sp³-hybridized carbons (Fsp3) is 0.125. The number of nitrogens with one attached hydrogen (secondary N) is 1. The smallest absolute Gasteiger partial charge is 0.283 e. The SMILES string of the molecule is N=C1/C(=C/c2cn(CCCOc3ccccc3Cl)c3ccccc23)C(=O)N=C2SC=CN12. The van der Waals surface area contributed by atoms with Gasteiger partial charge in [0.15, 0.2) is 5.17 Å². The van der Waals surface area contributed by atoms with Gasteiger partial charge in [0.1, 0.15) is 11.6 Å². The number of carbonyl (C=O) groups excluding carboxylic acids is 1. The number of benzene rings is 2. The van der Waals surface area contributed by atoms with Gasteiger partial charge in [-0.2, -0.15) is 4.99 Å². The molecule has 0 atom stereocenters. The highest BCUT2D eigenvalue weighted by Gasteiger charge is 2.31. The number of amides is 1. The van der Waals surface area contributed by atoms with Crippen LogP contribution in [0.15, 0.2) is 76.9 Å². The molecule has 0 saturated carbocycles. The van der Waals surface area contributed by atoms with Crippen LogP contribution >= 0.6 is 23.4 Å². The van der Waals surface area contributed by atoms with Gasteiger partial charge in [0, 0.05) is 35.4 Å². The molecule has 0 saturated heterocycles. The summed E-state index contributed by atoms with van der Waals surface area (Å²) in [6.45, 7) is 1.28. The number of ether oxygens (including phenoxy) is 1. The molecule has 2 aliphatic rings. The van der Waals surface area contributed by atoms with E-state index >= 15 is 0 Å². The molecule has 0 fully saturated rings. The van der Waals surface area contributed by atoms with Crippen LogP contribution in [0.4, 0.5) is 0 Å². The molecule has 8 heteroatoms. The number of thioether (sulfide) groups is 1. The minimum absolute atomic E-state index is 0.145. The van der Waals surface area contributed by atoms with Crippen LogP contribution in [0.3, 0.4) is 0 Å². The van der Waals surface area contributed by atoms with Gasteiger partial charge in [0.2, 0.25) is 0 Å². The van der Waals surface area contributed by atoms with Crippen LogP contribution in [0.2, 0.25) is 5.02 Å². The summed E-state index contributed by atoms with van der Waals surface area (Å²) >= 11 is 7.49. The molecule has 2 aromatic carbocycles. The molecule has 0 unspecified atom stereocenters. The van der Waals surface area contributed by atoms with Gasteiger partial charge in [-0.3, -0.25) is 15.1 Å². The van der Waals surface area contributed by atoms with Crippen molar-refractivity contribution in [2.24, 2.45) is 4.99 Å². The molecular weight excluding hydrogens is 444 g/mol. The third kappa shape index (κ3) is 3.85. The van der Waals surface area contributed by atoms with Gasteiger partial charge in [0.05, 0.1) is 17.2 Å². The molecular formula is C24H19ClN4O2S. The molecule has 0 aliphatic carbocycles. The van der Waals surface area contributed by atoms with Crippen LogP contribution in [-0.4, -0.2) is 33.0 Å². The van der Waals surface area contributed by atoms with Gasteiger partial charge in [-0.25, -0.2) is 0 Å².